The molecule has 0 radical (unpaired) electrons. The maximum atomic E-state index is 14.6. The third-order valence-electron chi connectivity index (χ3n) is 11.2. The van der Waals surface area contributed by atoms with Gasteiger partial charge in [0.05, 0.1) is 41.6 Å². The minimum Gasteiger partial charge on any atom is -0.505 e. The second-order valence-electron chi connectivity index (χ2n) is 16.1. The van der Waals surface area contributed by atoms with E-state index in [4.69, 9.17) is 33.1 Å². The number of esters is 1. The number of phenols is 1. The van der Waals surface area contributed by atoms with Crippen LogP contribution in [0, 0.1) is 24.7 Å². The van der Waals surface area contributed by atoms with Gasteiger partial charge in [-0.05, 0) is 45.9 Å². The molecule has 15 nitrogen and oxygen atoms in total. The van der Waals surface area contributed by atoms with Crippen molar-refractivity contribution < 1.29 is 57.8 Å². The van der Waals surface area contributed by atoms with Crippen molar-refractivity contribution >= 4 is 56.3 Å². The summed E-state index contributed by atoms with van der Waals surface area (Å²) < 4.78 is 35.9. The molecular formula is C45H52N2O13. The Morgan fingerprint density at radius 1 is 1.03 bits per heavy atom. The van der Waals surface area contributed by atoms with E-state index >= 15 is 0 Å². The number of benzene rings is 3. The maximum absolute atomic E-state index is 14.6. The average Bonchev–Trinajstić information content (AvgIpc) is 3.45. The molecule has 2 aliphatic heterocycles. The molecule has 0 aliphatic carbocycles. The van der Waals surface area contributed by atoms with Gasteiger partial charge in [-0.15, -0.1) is 0 Å². The van der Waals surface area contributed by atoms with Crippen LogP contribution in [-0.2, 0) is 23.8 Å². The number of aliphatic hydroxyl groups is 2. The number of aliphatic hydroxyl groups excluding tert-OH is 2. The topological polar surface area (TPSA) is 213 Å². The molecule has 1 amide bonds. The van der Waals surface area contributed by atoms with E-state index in [2.05, 4.69) is 5.32 Å². The molecule has 0 fully saturated rings. The summed E-state index contributed by atoms with van der Waals surface area (Å²) in [7, 11) is 1.44. The minimum atomic E-state index is -2.04. The first-order valence-electron chi connectivity index (χ1n) is 19.8. The third-order valence-corrected chi connectivity index (χ3v) is 11.2. The number of amides is 1. The number of carbonyl (C=O) groups excluding carboxylic acids is 3. The molecule has 15 heteroatoms. The van der Waals surface area contributed by atoms with Crippen LogP contribution >= 0.6 is 0 Å². The number of rotatable bonds is 4. The number of nitrogens with one attached hydrogen (secondary N) is 1. The van der Waals surface area contributed by atoms with E-state index in [1.54, 1.807) is 51.1 Å². The Balaban J connectivity index is 1.59. The number of hydrogen-bond acceptors (Lipinski definition) is 14. The summed E-state index contributed by atoms with van der Waals surface area (Å²) >= 11 is 0. The van der Waals surface area contributed by atoms with Gasteiger partial charge >= 0.3 is 11.8 Å². The first kappa shape index (κ1) is 43.8. The molecule has 3 aromatic carbocycles. The van der Waals surface area contributed by atoms with Crippen molar-refractivity contribution in [2.24, 2.45) is 17.8 Å². The van der Waals surface area contributed by atoms with Gasteiger partial charge in [-0.25, -0.2) is 4.98 Å². The highest BCUT2D eigenvalue weighted by Gasteiger charge is 2.49. The lowest BCUT2D eigenvalue weighted by molar-refractivity contribution is -0.158. The predicted octanol–water partition coefficient (Wildman–Crippen LogP) is 6.54. The van der Waals surface area contributed by atoms with Crippen molar-refractivity contribution in [2.75, 3.05) is 12.4 Å². The van der Waals surface area contributed by atoms with Gasteiger partial charge in [0.1, 0.15) is 34.3 Å². The van der Waals surface area contributed by atoms with Crippen LogP contribution < -0.4 is 20.2 Å². The molecule has 0 saturated carbocycles. The Morgan fingerprint density at radius 2 is 1.75 bits per heavy atom. The fraction of sp³-hybridized carbons (Fsp3) is 0.444. The lowest BCUT2D eigenvalue weighted by Gasteiger charge is -2.35. The summed E-state index contributed by atoms with van der Waals surface area (Å²) in [5.74, 6) is -6.01. The molecule has 4 aromatic rings. The van der Waals surface area contributed by atoms with Crippen LogP contribution in [0.25, 0.3) is 33.0 Å². The first-order chi connectivity index (χ1) is 28.3. The zero-order valence-electron chi connectivity index (χ0n) is 35.3. The van der Waals surface area contributed by atoms with Crippen LogP contribution in [-0.4, -0.2) is 81.4 Å². The van der Waals surface area contributed by atoms with Gasteiger partial charge in [0.25, 0.3) is 11.7 Å². The smallest absolute Gasteiger partial charge is 0.312 e. The molecule has 0 spiro atoms. The largest absolute Gasteiger partial charge is 0.505 e. The first-order valence-corrected chi connectivity index (χ1v) is 19.8. The summed E-state index contributed by atoms with van der Waals surface area (Å²) in [4.78, 5) is 59.8. The third kappa shape index (κ3) is 8.21. The van der Waals surface area contributed by atoms with E-state index in [-0.39, 0.29) is 68.1 Å². The zero-order chi connectivity index (χ0) is 44.0. The van der Waals surface area contributed by atoms with Crippen molar-refractivity contribution in [2.45, 2.75) is 105 Å². The van der Waals surface area contributed by atoms with E-state index in [1.165, 1.54) is 53.2 Å². The Morgan fingerprint density at radius 3 is 2.42 bits per heavy atom. The second kappa shape index (κ2) is 17.1. The number of aromatic hydroxyl groups is 1. The Kier molecular flexibility index (Phi) is 12.5. The minimum absolute atomic E-state index is 0.00881. The van der Waals surface area contributed by atoms with Crippen LogP contribution in [0.5, 0.6) is 17.2 Å². The van der Waals surface area contributed by atoms with Crippen LogP contribution in [0.15, 0.2) is 63.6 Å². The number of allylic oxidation sites excluding steroid dienone is 2. The van der Waals surface area contributed by atoms with Crippen LogP contribution in [0.1, 0.15) is 77.7 Å². The number of nitrogens with zero attached hydrogens (tertiary/aromatic N) is 1. The summed E-state index contributed by atoms with van der Waals surface area (Å²) in [5.41, 5.74) is -0.514. The highest BCUT2D eigenvalue weighted by atomic mass is 16.7. The van der Waals surface area contributed by atoms with E-state index in [1.807, 2.05) is 13.8 Å². The van der Waals surface area contributed by atoms with Gasteiger partial charge in [-0.1, -0.05) is 39.0 Å². The van der Waals surface area contributed by atoms with Gasteiger partial charge in [0.15, 0.2) is 22.3 Å². The number of phenolic OH excluding ortho intramolecular Hbond substituents is 1. The van der Waals surface area contributed by atoms with Crippen molar-refractivity contribution in [3.05, 3.63) is 75.7 Å². The van der Waals surface area contributed by atoms with Crippen LogP contribution in [0.3, 0.4) is 0 Å². The summed E-state index contributed by atoms with van der Waals surface area (Å²) in [6, 6.07) is 4.94. The van der Waals surface area contributed by atoms with E-state index in [9.17, 15) is 34.5 Å². The van der Waals surface area contributed by atoms with Crippen molar-refractivity contribution in [3.8, 4) is 17.2 Å². The molecule has 0 saturated heterocycles. The number of anilines is 1. The van der Waals surface area contributed by atoms with E-state index in [0.29, 0.717) is 11.3 Å². The fourth-order valence-corrected chi connectivity index (χ4v) is 7.69. The summed E-state index contributed by atoms with van der Waals surface area (Å²) in [6.07, 6.45) is 3.43. The normalized spacial score (nSPS) is 28.6. The molecule has 320 valence electrons. The molecule has 6 rings (SSSR count). The van der Waals surface area contributed by atoms with Crippen molar-refractivity contribution in [1.29, 1.82) is 0 Å². The number of fused-ring (bicyclic) bond motifs is 2. The number of aromatic nitrogens is 1. The molecule has 60 heavy (non-hydrogen) atoms. The summed E-state index contributed by atoms with van der Waals surface area (Å²) in [5, 5.41) is 36.7. The average molecular weight is 829 g/mol. The molecule has 4 N–H and O–H groups in total. The molecule has 4 bridgehead atoms. The quantitative estimate of drug-likeness (QED) is 0.0745. The molecular weight excluding hydrogens is 776 g/mol. The Labute approximate surface area is 346 Å². The highest BCUT2D eigenvalue weighted by Crippen LogP contribution is 2.48. The standard InChI is InChI=1S/C45H52N2O13/c1-20(2)57-27-14-15-28-32(18-27)59-42-36(46-28)33-34-38(51)25(7)41-35(33)43(53)45(9,60-41)56-17-16-31(55-10)24(6)40(58-26(8)48)23(5)30(50)19-29(49)21(3)12-11-13-22(4)44(54)47-37(42)39(34)52/h11-18,20-21,23-24,29-31,40,49-50,52H,19H2,1-10H3,(H,47,54)/b12-11+,17-16+,22-13-/t21-,23+,24+,29+,30+,31-,40-,45-/m0/s1. The Bertz CT molecular complexity index is 2520. The zero-order valence-corrected chi connectivity index (χ0v) is 35.3. The number of hydrogen-bond donors (Lipinski definition) is 4. The number of Topliss-reactive ketones (excluding diaryl/α,β-unsaturated/α-hetero) is 1. The molecule has 8 atom stereocenters. The highest BCUT2D eigenvalue weighted by molar-refractivity contribution is 6.26. The molecule has 3 heterocycles. The maximum Gasteiger partial charge on any atom is 0.312 e. The van der Waals surface area contributed by atoms with Crippen LogP contribution in [0.2, 0.25) is 0 Å². The van der Waals surface area contributed by atoms with Gasteiger partial charge < -0.3 is 48.7 Å². The lowest BCUT2D eigenvalue weighted by Crippen LogP contribution is -2.43. The number of methoxy groups -OCH3 is 1. The van der Waals surface area contributed by atoms with E-state index < -0.39 is 76.8 Å². The van der Waals surface area contributed by atoms with Crippen molar-refractivity contribution in [3.63, 3.8) is 0 Å². The van der Waals surface area contributed by atoms with Crippen molar-refractivity contribution in [1.82, 2.24) is 4.98 Å². The lowest BCUT2D eigenvalue weighted by atomic mass is 9.83. The monoisotopic (exact) mass is 828 g/mol. The van der Waals surface area contributed by atoms with E-state index in [0.717, 1.165) is 0 Å². The van der Waals surface area contributed by atoms with Gasteiger partial charge in [-0.3, -0.25) is 19.2 Å². The fourth-order valence-electron chi connectivity index (χ4n) is 7.69. The van der Waals surface area contributed by atoms with Crippen LogP contribution in [0.4, 0.5) is 5.69 Å². The van der Waals surface area contributed by atoms with Gasteiger partial charge in [0.2, 0.25) is 0 Å². The number of ether oxygens (including phenoxy) is 5. The molecule has 2 aliphatic rings. The number of ketones is 1. The SMILES string of the molecule is CO[C@H]1/C=C/O[C@@]2(C)Oc3c(C)c(=O)c4c(O)c(c5oc6cc(OC(C)C)ccc6nc5c4c3C2=O)NC(=O)/C(C)=C\C=C\[C@H](C)[C@H](O)C[C@@H](O)[C@@H](C)[C@H](OC(C)=O)[C@@H]1C. The van der Waals surface area contributed by atoms with Gasteiger partial charge in [-0.2, -0.15) is 0 Å². The molecule has 1 aromatic heterocycles. The summed E-state index contributed by atoms with van der Waals surface area (Å²) in [6.45, 7) is 14.5. The van der Waals surface area contributed by atoms with Gasteiger partial charge in [0, 0.05) is 67.7 Å². The number of carbonyl (C=O) groups is 3. The Hall–Kier alpha value is -5.77. The predicted molar refractivity (Wildman–Crippen MR) is 223 cm³/mol. The molecule has 0 unspecified atom stereocenters. The second-order valence-corrected chi connectivity index (χ2v) is 16.1.